The Hall–Kier alpha value is -3.29. The summed E-state index contributed by atoms with van der Waals surface area (Å²) in [5.74, 6) is -0.361. The first-order valence-corrected chi connectivity index (χ1v) is 13.9. The summed E-state index contributed by atoms with van der Waals surface area (Å²) in [7, 11) is -1.17. The van der Waals surface area contributed by atoms with E-state index < -0.39 is 13.9 Å². The van der Waals surface area contributed by atoms with Gasteiger partial charge in [-0.25, -0.2) is 4.57 Å². The Morgan fingerprint density at radius 2 is 1.66 bits per heavy atom. The molecule has 8 nitrogen and oxygen atoms in total. The third-order valence-electron chi connectivity index (χ3n) is 6.72. The summed E-state index contributed by atoms with van der Waals surface area (Å²) in [6.45, 7) is 6.16. The number of hydrogen-bond donors (Lipinski definition) is 1. The van der Waals surface area contributed by atoms with Gasteiger partial charge in [0.25, 0.3) is 11.8 Å². The average Bonchev–Trinajstić information content (AvgIpc) is 3.07. The van der Waals surface area contributed by atoms with Crippen molar-refractivity contribution < 1.29 is 27.7 Å². The highest BCUT2D eigenvalue weighted by molar-refractivity contribution is 7.48. The summed E-state index contributed by atoms with van der Waals surface area (Å²) in [6, 6.07) is 18.4. The van der Waals surface area contributed by atoms with Crippen LogP contribution in [0.3, 0.4) is 0 Å². The maximum atomic E-state index is 13.8. The number of fused-ring (bicyclic) bond motifs is 1. The van der Waals surface area contributed by atoms with Gasteiger partial charge in [-0.1, -0.05) is 35.9 Å². The van der Waals surface area contributed by atoms with E-state index in [1.54, 1.807) is 29.2 Å². The molecule has 1 N–H and O–H groups in total. The van der Waals surface area contributed by atoms with E-state index in [-0.39, 0.29) is 11.8 Å². The Morgan fingerprint density at radius 3 is 2.34 bits per heavy atom. The smallest absolute Gasteiger partial charge is 0.322 e. The third kappa shape index (κ3) is 5.89. The van der Waals surface area contributed by atoms with Gasteiger partial charge in [0, 0.05) is 48.8 Å². The molecule has 0 bridgehead atoms. The van der Waals surface area contributed by atoms with Gasteiger partial charge in [0.05, 0.1) is 6.10 Å². The summed E-state index contributed by atoms with van der Waals surface area (Å²) in [5, 5.41) is 2.93. The van der Waals surface area contributed by atoms with Gasteiger partial charge in [0.15, 0.2) is 0 Å². The molecule has 1 heterocycles. The van der Waals surface area contributed by atoms with Crippen molar-refractivity contribution in [3.8, 4) is 0 Å². The minimum atomic E-state index is -3.73. The summed E-state index contributed by atoms with van der Waals surface area (Å²) in [4.78, 5) is 28.3. The van der Waals surface area contributed by atoms with Gasteiger partial charge in [-0.15, -0.1) is 0 Å². The Labute approximate surface area is 223 Å². The quantitative estimate of drug-likeness (QED) is 0.335. The van der Waals surface area contributed by atoms with E-state index in [9.17, 15) is 14.2 Å². The molecule has 0 aliphatic carbocycles. The van der Waals surface area contributed by atoms with Gasteiger partial charge >= 0.3 is 7.82 Å². The molecule has 0 aromatic heterocycles. The first kappa shape index (κ1) is 27.7. The van der Waals surface area contributed by atoms with Crippen molar-refractivity contribution in [3.63, 3.8) is 0 Å². The zero-order chi connectivity index (χ0) is 27.4. The largest absolute Gasteiger partial charge is 0.474 e. The summed E-state index contributed by atoms with van der Waals surface area (Å²) >= 11 is 0. The van der Waals surface area contributed by atoms with Gasteiger partial charge in [0.1, 0.15) is 0 Å². The van der Waals surface area contributed by atoms with E-state index in [1.807, 2.05) is 57.2 Å². The summed E-state index contributed by atoms with van der Waals surface area (Å²) in [6.07, 6.45) is 0.606. The maximum Gasteiger partial charge on any atom is 0.474 e. The molecule has 1 aliphatic heterocycles. The zero-order valence-electron chi connectivity index (χ0n) is 22.3. The maximum absolute atomic E-state index is 13.8. The summed E-state index contributed by atoms with van der Waals surface area (Å²) < 4.78 is 28.6. The predicted octanol–water partition coefficient (Wildman–Crippen LogP) is 6.76. The number of phosphoric ester groups is 1. The Bertz CT molecular complexity index is 1400. The minimum absolute atomic E-state index is 0.160. The number of nitrogens with one attached hydrogen (secondary N) is 1. The number of nitrogens with zero attached hydrogens (tertiary/aromatic N) is 1. The fourth-order valence-corrected chi connectivity index (χ4v) is 5.53. The molecule has 0 fully saturated rings. The zero-order valence-corrected chi connectivity index (χ0v) is 23.2. The van der Waals surface area contributed by atoms with Crippen LogP contribution >= 0.6 is 7.82 Å². The molecule has 0 spiro atoms. The van der Waals surface area contributed by atoms with E-state index in [0.717, 1.165) is 22.3 Å². The molecule has 9 heteroatoms. The SMILES string of the molecule is COP(=O)(OC)OC1CCCN(C(=O)c2ccc(NC(=O)c3ccccc3C)cc2C)c2ccc(C)cc21. The van der Waals surface area contributed by atoms with Crippen LogP contribution in [-0.2, 0) is 18.1 Å². The molecule has 200 valence electrons. The fraction of sp³-hybridized carbons (Fsp3) is 0.310. The molecular formula is C29H33N2O6P. The van der Waals surface area contributed by atoms with Crippen LogP contribution in [0.15, 0.2) is 60.7 Å². The van der Waals surface area contributed by atoms with E-state index in [2.05, 4.69) is 5.32 Å². The molecule has 1 atom stereocenters. The molecule has 1 aliphatic rings. The Morgan fingerprint density at radius 1 is 0.921 bits per heavy atom. The van der Waals surface area contributed by atoms with Crippen LogP contribution in [0.1, 0.15) is 61.9 Å². The van der Waals surface area contributed by atoms with Gasteiger partial charge < -0.3 is 10.2 Å². The van der Waals surface area contributed by atoms with Gasteiger partial charge in [-0.2, -0.15) is 0 Å². The van der Waals surface area contributed by atoms with E-state index in [4.69, 9.17) is 13.6 Å². The predicted molar refractivity (Wildman–Crippen MR) is 148 cm³/mol. The standard InChI is InChI=1S/C29H33N2O6P/c1-19-12-15-26-25(17-19)27(37-38(34,35-4)36-5)11-8-16-31(26)29(33)24-14-13-22(18-21(24)3)30-28(32)23-10-7-6-9-20(23)2/h6-7,9-10,12-15,17-18,27H,8,11,16H2,1-5H3,(H,30,32). The van der Waals surface area contributed by atoms with Crippen LogP contribution in [0.25, 0.3) is 0 Å². The second kappa shape index (κ2) is 11.6. The van der Waals surface area contributed by atoms with Crippen LogP contribution < -0.4 is 10.2 Å². The first-order chi connectivity index (χ1) is 18.2. The topological polar surface area (TPSA) is 94.2 Å². The minimum Gasteiger partial charge on any atom is -0.322 e. The second-order valence-corrected chi connectivity index (χ2v) is 11.2. The van der Waals surface area contributed by atoms with Crippen molar-refractivity contribution in [2.45, 2.75) is 39.7 Å². The van der Waals surface area contributed by atoms with Crippen LogP contribution in [0.4, 0.5) is 11.4 Å². The molecule has 4 rings (SSSR count). The van der Waals surface area contributed by atoms with Crippen molar-refractivity contribution in [1.82, 2.24) is 0 Å². The number of anilines is 2. The fourth-order valence-electron chi connectivity index (χ4n) is 4.68. The molecule has 2 amide bonds. The van der Waals surface area contributed by atoms with Gasteiger partial charge in [-0.05, 0) is 75.1 Å². The Balaban J connectivity index is 1.61. The van der Waals surface area contributed by atoms with Crippen molar-refractivity contribution in [1.29, 1.82) is 0 Å². The molecule has 0 saturated heterocycles. The lowest BCUT2D eigenvalue weighted by atomic mass is 10.0. The lowest BCUT2D eigenvalue weighted by Crippen LogP contribution is -2.32. The molecule has 0 radical (unpaired) electrons. The molecule has 0 saturated carbocycles. The molecular weight excluding hydrogens is 503 g/mol. The molecule has 3 aromatic rings. The molecule has 38 heavy (non-hydrogen) atoms. The lowest BCUT2D eigenvalue weighted by molar-refractivity contribution is 0.0976. The van der Waals surface area contributed by atoms with Crippen LogP contribution in [0.2, 0.25) is 0 Å². The normalized spacial score (nSPS) is 15.5. The van der Waals surface area contributed by atoms with Crippen molar-refractivity contribution in [3.05, 3.63) is 94.0 Å². The second-order valence-electron chi connectivity index (χ2n) is 9.37. The Kier molecular flexibility index (Phi) is 8.48. The van der Waals surface area contributed by atoms with Gasteiger partial charge in [0.2, 0.25) is 0 Å². The van der Waals surface area contributed by atoms with E-state index in [0.29, 0.717) is 41.9 Å². The van der Waals surface area contributed by atoms with Gasteiger partial charge in [-0.3, -0.25) is 23.2 Å². The highest BCUT2D eigenvalue weighted by atomic mass is 31.2. The van der Waals surface area contributed by atoms with Crippen LogP contribution in [0, 0.1) is 20.8 Å². The van der Waals surface area contributed by atoms with E-state index in [1.165, 1.54) is 14.2 Å². The van der Waals surface area contributed by atoms with E-state index >= 15 is 0 Å². The number of carbonyl (C=O) groups excluding carboxylic acids is 2. The van der Waals surface area contributed by atoms with Crippen LogP contribution in [0.5, 0.6) is 0 Å². The highest BCUT2D eigenvalue weighted by Gasteiger charge is 2.34. The molecule has 3 aromatic carbocycles. The van der Waals surface area contributed by atoms with Crippen molar-refractivity contribution in [2.75, 3.05) is 31.0 Å². The number of phosphoric acid groups is 1. The van der Waals surface area contributed by atoms with Crippen molar-refractivity contribution >= 4 is 31.0 Å². The van der Waals surface area contributed by atoms with Crippen LogP contribution in [-0.4, -0.2) is 32.6 Å². The number of hydrogen-bond acceptors (Lipinski definition) is 6. The lowest BCUT2D eigenvalue weighted by Gasteiger charge is -2.26. The highest BCUT2D eigenvalue weighted by Crippen LogP contribution is 2.54. The molecule has 1 unspecified atom stereocenters. The number of benzene rings is 3. The average molecular weight is 537 g/mol. The van der Waals surface area contributed by atoms with Crippen molar-refractivity contribution in [2.24, 2.45) is 0 Å². The third-order valence-corrected chi connectivity index (χ3v) is 8.13. The monoisotopic (exact) mass is 536 g/mol. The number of carbonyl (C=O) groups is 2. The summed E-state index contributed by atoms with van der Waals surface area (Å²) in [5.41, 5.74) is 5.81. The number of rotatable bonds is 7. The first-order valence-electron chi connectivity index (χ1n) is 12.5. The number of aryl methyl sites for hydroxylation is 3. The number of amides is 2.